The van der Waals surface area contributed by atoms with E-state index in [9.17, 15) is 4.79 Å². The Balaban J connectivity index is 2.18. The minimum Gasteiger partial charge on any atom is -0.398 e. The summed E-state index contributed by atoms with van der Waals surface area (Å²) in [6.45, 7) is 8.03. The number of aryl methyl sites for hydroxylation is 3. The molecular formula is C18H22N2O. The molecular weight excluding hydrogens is 260 g/mol. The smallest absolute Gasteiger partial charge is 0.251 e. The van der Waals surface area contributed by atoms with Gasteiger partial charge in [-0.15, -0.1) is 0 Å². The molecule has 2 aromatic carbocycles. The third-order valence-corrected chi connectivity index (χ3v) is 3.79. The Labute approximate surface area is 126 Å². The Kier molecular flexibility index (Phi) is 4.32. The van der Waals surface area contributed by atoms with Gasteiger partial charge in [-0.1, -0.05) is 29.8 Å². The zero-order valence-corrected chi connectivity index (χ0v) is 13.0. The molecule has 0 fully saturated rings. The van der Waals surface area contributed by atoms with Crippen LogP contribution in [0.1, 0.15) is 45.6 Å². The largest absolute Gasteiger partial charge is 0.398 e. The summed E-state index contributed by atoms with van der Waals surface area (Å²) in [5, 5.41) is 3.03. The van der Waals surface area contributed by atoms with Crippen LogP contribution < -0.4 is 11.1 Å². The van der Waals surface area contributed by atoms with Crippen molar-refractivity contribution < 1.29 is 4.79 Å². The lowest BCUT2D eigenvalue weighted by molar-refractivity contribution is 0.0940. The summed E-state index contributed by atoms with van der Waals surface area (Å²) >= 11 is 0. The number of nitrogens with two attached hydrogens (primary N) is 1. The molecule has 0 heterocycles. The quantitative estimate of drug-likeness (QED) is 0.844. The van der Waals surface area contributed by atoms with Gasteiger partial charge in [-0.2, -0.15) is 0 Å². The van der Waals surface area contributed by atoms with E-state index in [0.29, 0.717) is 11.3 Å². The summed E-state index contributed by atoms with van der Waals surface area (Å²) in [7, 11) is 0. The molecule has 2 rings (SSSR count). The van der Waals surface area contributed by atoms with Gasteiger partial charge in [0.25, 0.3) is 5.91 Å². The van der Waals surface area contributed by atoms with Crippen LogP contribution in [0.15, 0.2) is 36.4 Å². The van der Waals surface area contributed by atoms with E-state index >= 15 is 0 Å². The van der Waals surface area contributed by atoms with Crippen LogP contribution >= 0.6 is 0 Å². The summed E-state index contributed by atoms with van der Waals surface area (Å²) < 4.78 is 0. The summed E-state index contributed by atoms with van der Waals surface area (Å²) in [6.07, 6.45) is 0. The average molecular weight is 282 g/mol. The fraction of sp³-hybridized carbons (Fsp3) is 0.278. The first-order valence-electron chi connectivity index (χ1n) is 7.12. The maximum absolute atomic E-state index is 12.3. The van der Waals surface area contributed by atoms with Crippen molar-refractivity contribution >= 4 is 11.6 Å². The van der Waals surface area contributed by atoms with Crippen molar-refractivity contribution in [2.75, 3.05) is 5.73 Å². The molecule has 2 aromatic rings. The summed E-state index contributed by atoms with van der Waals surface area (Å²) in [4.78, 5) is 12.3. The number of carbonyl (C=O) groups excluding carboxylic acids is 1. The van der Waals surface area contributed by atoms with Gasteiger partial charge in [-0.3, -0.25) is 4.79 Å². The van der Waals surface area contributed by atoms with Gasteiger partial charge in [-0.05, 0) is 56.5 Å². The first-order valence-corrected chi connectivity index (χ1v) is 7.12. The van der Waals surface area contributed by atoms with Gasteiger partial charge in [0, 0.05) is 11.3 Å². The predicted molar refractivity (Wildman–Crippen MR) is 87.4 cm³/mol. The molecule has 1 unspecified atom stereocenters. The Morgan fingerprint density at radius 2 is 1.71 bits per heavy atom. The van der Waals surface area contributed by atoms with E-state index in [0.717, 1.165) is 11.1 Å². The van der Waals surface area contributed by atoms with Crippen LogP contribution in [0.5, 0.6) is 0 Å². The van der Waals surface area contributed by atoms with Gasteiger partial charge in [0.1, 0.15) is 0 Å². The van der Waals surface area contributed by atoms with Crippen LogP contribution in [0.25, 0.3) is 0 Å². The normalized spacial score (nSPS) is 12.0. The molecule has 1 amide bonds. The average Bonchev–Trinajstić information content (AvgIpc) is 2.44. The van der Waals surface area contributed by atoms with Gasteiger partial charge in [0.05, 0.1) is 6.04 Å². The first-order chi connectivity index (χ1) is 9.88. The van der Waals surface area contributed by atoms with Crippen LogP contribution in [0.3, 0.4) is 0 Å². The van der Waals surface area contributed by atoms with Crippen molar-refractivity contribution in [2.45, 2.75) is 33.7 Å². The fourth-order valence-corrected chi connectivity index (χ4v) is 2.37. The Bertz CT molecular complexity index is 677. The highest BCUT2D eigenvalue weighted by Crippen LogP contribution is 2.20. The van der Waals surface area contributed by atoms with E-state index < -0.39 is 0 Å². The maximum Gasteiger partial charge on any atom is 0.251 e. The van der Waals surface area contributed by atoms with E-state index in [2.05, 4.69) is 37.4 Å². The predicted octanol–water partition coefficient (Wildman–Crippen LogP) is 3.69. The van der Waals surface area contributed by atoms with Crippen LogP contribution in [-0.4, -0.2) is 5.91 Å². The second-order valence-electron chi connectivity index (χ2n) is 5.63. The molecule has 0 aliphatic rings. The van der Waals surface area contributed by atoms with Gasteiger partial charge < -0.3 is 11.1 Å². The monoisotopic (exact) mass is 282 g/mol. The minimum absolute atomic E-state index is 0.0417. The van der Waals surface area contributed by atoms with Crippen molar-refractivity contribution in [3.8, 4) is 0 Å². The number of anilines is 1. The second-order valence-corrected chi connectivity index (χ2v) is 5.63. The van der Waals surface area contributed by atoms with E-state index in [1.165, 1.54) is 11.1 Å². The van der Waals surface area contributed by atoms with Crippen LogP contribution in [0.4, 0.5) is 5.69 Å². The van der Waals surface area contributed by atoms with Crippen molar-refractivity contribution in [3.05, 3.63) is 64.2 Å². The number of benzene rings is 2. The molecule has 3 nitrogen and oxygen atoms in total. The van der Waals surface area contributed by atoms with Crippen LogP contribution in [-0.2, 0) is 0 Å². The molecule has 0 spiro atoms. The molecule has 0 bridgehead atoms. The van der Waals surface area contributed by atoms with Crippen LogP contribution in [0.2, 0.25) is 0 Å². The van der Waals surface area contributed by atoms with Gasteiger partial charge in [0.2, 0.25) is 0 Å². The molecule has 110 valence electrons. The number of carbonyl (C=O) groups is 1. The van der Waals surface area contributed by atoms with E-state index in [4.69, 9.17) is 5.73 Å². The lowest BCUT2D eigenvalue weighted by atomic mass is 9.99. The highest BCUT2D eigenvalue weighted by Gasteiger charge is 2.14. The number of rotatable bonds is 3. The van der Waals surface area contributed by atoms with E-state index in [1.807, 2.05) is 19.9 Å². The number of nitrogen functional groups attached to an aromatic ring is 1. The highest BCUT2D eigenvalue weighted by atomic mass is 16.1. The molecule has 0 aromatic heterocycles. The zero-order valence-electron chi connectivity index (χ0n) is 13.0. The van der Waals surface area contributed by atoms with E-state index in [-0.39, 0.29) is 11.9 Å². The summed E-state index contributed by atoms with van der Waals surface area (Å²) in [6, 6.07) is 11.6. The first kappa shape index (κ1) is 15.1. The molecule has 0 aliphatic heterocycles. The van der Waals surface area contributed by atoms with E-state index in [1.54, 1.807) is 12.1 Å². The van der Waals surface area contributed by atoms with Crippen molar-refractivity contribution in [2.24, 2.45) is 0 Å². The Morgan fingerprint density at radius 1 is 1.05 bits per heavy atom. The third kappa shape index (κ3) is 3.43. The summed E-state index contributed by atoms with van der Waals surface area (Å²) in [5.74, 6) is -0.102. The molecule has 3 heteroatoms. The van der Waals surface area contributed by atoms with Crippen molar-refractivity contribution in [1.29, 1.82) is 0 Å². The zero-order chi connectivity index (χ0) is 15.6. The molecule has 0 aliphatic carbocycles. The fourth-order valence-electron chi connectivity index (χ4n) is 2.37. The molecule has 1 atom stereocenters. The number of nitrogens with one attached hydrogen (secondary N) is 1. The lowest BCUT2D eigenvalue weighted by Crippen LogP contribution is -2.27. The van der Waals surface area contributed by atoms with Crippen molar-refractivity contribution in [1.82, 2.24) is 5.32 Å². The molecule has 0 saturated heterocycles. The van der Waals surface area contributed by atoms with Gasteiger partial charge in [0.15, 0.2) is 0 Å². The molecule has 0 saturated carbocycles. The molecule has 0 radical (unpaired) electrons. The lowest BCUT2D eigenvalue weighted by Gasteiger charge is -2.17. The minimum atomic E-state index is -0.102. The second kappa shape index (κ2) is 6.00. The highest BCUT2D eigenvalue weighted by molar-refractivity contribution is 5.95. The topological polar surface area (TPSA) is 55.1 Å². The molecule has 21 heavy (non-hydrogen) atoms. The molecule has 3 N–H and O–H groups in total. The number of hydrogen-bond donors (Lipinski definition) is 2. The van der Waals surface area contributed by atoms with Crippen LogP contribution in [0, 0.1) is 20.8 Å². The maximum atomic E-state index is 12.3. The number of hydrogen-bond acceptors (Lipinski definition) is 2. The third-order valence-electron chi connectivity index (χ3n) is 3.79. The number of amides is 1. The van der Waals surface area contributed by atoms with Crippen molar-refractivity contribution in [3.63, 3.8) is 0 Å². The SMILES string of the molecule is Cc1ccc(C)c(C(C)NC(=O)c2ccc(C)c(N)c2)c1. The summed E-state index contributed by atoms with van der Waals surface area (Å²) in [5.41, 5.74) is 11.6. The Morgan fingerprint density at radius 3 is 2.38 bits per heavy atom. The standard InChI is InChI=1S/C18H22N2O/c1-11-5-6-12(2)16(9-11)14(4)20-18(21)15-8-7-13(3)17(19)10-15/h5-10,14H,19H2,1-4H3,(H,20,21). The van der Waals surface area contributed by atoms with Gasteiger partial charge in [-0.25, -0.2) is 0 Å². The van der Waals surface area contributed by atoms with Gasteiger partial charge >= 0.3 is 0 Å². The Hall–Kier alpha value is -2.29.